The van der Waals surface area contributed by atoms with Gasteiger partial charge < -0.3 is 4.74 Å². The molecular weight excluding hydrogens is 160 g/mol. The molecule has 13 heavy (non-hydrogen) atoms. The molecule has 0 bridgehead atoms. The van der Waals surface area contributed by atoms with Crippen LogP contribution in [0.4, 0.5) is 0 Å². The molecule has 1 heteroatoms. The molecule has 0 aliphatic heterocycles. The van der Waals surface area contributed by atoms with Crippen molar-refractivity contribution in [3.05, 3.63) is 43.0 Å². The number of rotatable bonds is 4. The Labute approximate surface area is 80.0 Å². The zero-order valence-corrected chi connectivity index (χ0v) is 8.23. The average molecular weight is 176 g/mol. The van der Waals surface area contributed by atoms with Gasteiger partial charge in [0.15, 0.2) is 0 Å². The fourth-order valence-electron chi connectivity index (χ4n) is 1.01. The van der Waals surface area contributed by atoms with Crippen molar-refractivity contribution < 1.29 is 4.74 Å². The summed E-state index contributed by atoms with van der Waals surface area (Å²) in [5, 5.41) is 0. The van der Waals surface area contributed by atoms with Crippen LogP contribution in [0.2, 0.25) is 0 Å². The number of hydrogen-bond donors (Lipinski definition) is 0. The number of ether oxygens (including phenoxy) is 1. The molecule has 0 saturated carbocycles. The Bertz CT molecular complexity index is 253. The third-order valence-corrected chi connectivity index (χ3v) is 2.18. The third kappa shape index (κ3) is 2.94. The van der Waals surface area contributed by atoms with Crippen LogP contribution in [-0.4, -0.2) is 6.10 Å². The largest absolute Gasteiger partial charge is 0.490 e. The average Bonchev–Trinajstić information content (AvgIpc) is 2.18. The second kappa shape index (κ2) is 4.70. The maximum absolute atomic E-state index is 5.70. The minimum atomic E-state index is 0.180. The van der Waals surface area contributed by atoms with Crippen LogP contribution in [0.3, 0.4) is 0 Å². The molecule has 70 valence electrons. The molecule has 0 saturated heterocycles. The monoisotopic (exact) mass is 176 g/mol. The summed E-state index contributed by atoms with van der Waals surface area (Å²) in [4.78, 5) is 0. The molecule has 1 rings (SSSR count). The zero-order chi connectivity index (χ0) is 9.68. The highest BCUT2D eigenvalue weighted by molar-refractivity contribution is 5.21. The fraction of sp³-hybridized carbons (Fsp3) is 0.333. The molecule has 1 aromatic carbocycles. The van der Waals surface area contributed by atoms with Crippen molar-refractivity contribution in [2.45, 2.75) is 20.0 Å². The summed E-state index contributed by atoms with van der Waals surface area (Å²) in [7, 11) is 0. The summed E-state index contributed by atoms with van der Waals surface area (Å²) >= 11 is 0. The highest BCUT2D eigenvalue weighted by atomic mass is 16.5. The maximum Gasteiger partial charge on any atom is 0.119 e. The summed E-state index contributed by atoms with van der Waals surface area (Å²) in [5.74, 6) is 1.30. The lowest BCUT2D eigenvalue weighted by molar-refractivity contribution is 0.184. The Hall–Kier alpha value is -1.24. The van der Waals surface area contributed by atoms with Gasteiger partial charge in [0.05, 0.1) is 0 Å². The smallest absolute Gasteiger partial charge is 0.119 e. The minimum absolute atomic E-state index is 0.180. The normalized spacial score (nSPS) is 14.6. The molecule has 0 heterocycles. The number of benzene rings is 1. The van der Waals surface area contributed by atoms with Crippen molar-refractivity contribution in [3.63, 3.8) is 0 Å². The Morgan fingerprint density at radius 1 is 1.23 bits per heavy atom. The third-order valence-electron chi connectivity index (χ3n) is 2.18. The van der Waals surface area contributed by atoms with E-state index in [1.165, 1.54) is 0 Å². The first-order valence-corrected chi connectivity index (χ1v) is 4.58. The maximum atomic E-state index is 5.70. The van der Waals surface area contributed by atoms with E-state index in [4.69, 9.17) is 4.74 Å². The van der Waals surface area contributed by atoms with Crippen LogP contribution in [0, 0.1) is 5.92 Å². The molecule has 0 fully saturated rings. The zero-order valence-electron chi connectivity index (χ0n) is 8.23. The van der Waals surface area contributed by atoms with E-state index in [1.807, 2.05) is 36.4 Å². The van der Waals surface area contributed by atoms with Gasteiger partial charge >= 0.3 is 0 Å². The van der Waals surface area contributed by atoms with Crippen LogP contribution in [0.25, 0.3) is 0 Å². The Kier molecular flexibility index (Phi) is 3.56. The number of hydrogen-bond acceptors (Lipinski definition) is 1. The second-order valence-electron chi connectivity index (χ2n) is 3.23. The van der Waals surface area contributed by atoms with Gasteiger partial charge in [-0.25, -0.2) is 0 Å². The van der Waals surface area contributed by atoms with Crippen molar-refractivity contribution in [2.75, 3.05) is 0 Å². The topological polar surface area (TPSA) is 9.23 Å². The highest BCUT2D eigenvalue weighted by Gasteiger charge is 2.09. The summed E-state index contributed by atoms with van der Waals surface area (Å²) in [6.45, 7) is 7.90. The molecule has 0 spiro atoms. The van der Waals surface area contributed by atoms with Gasteiger partial charge in [0.1, 0.15) is 11.9 Å². The summed E-state index contributed by atoms with van der Waals surface area (Å²) in [5.41, 5.74) is 0. The molecule has 0 unspecified atom stereocenters. The van der Waals surface area contributed by atoms with Gasteiger partial charge in [0, 0.05) is 5.92 Å². The molecular formula is C12H16O. The molecule has 0 N–H and O–H groups in total. The van der Waals surface area contributed by atoms with Gasteiger partial charge in [0.25, 0.3) is 0 Å². The van der Waals surface area contributed by atoms with Crippen LogP contribution >= 0.6 is 0 Å². The van der Waals surface area contributed by atoms with Crippen LogP contribution in [0.1, 0.15) is 13.8 Å². The van der Waals surface area contributed by atoms with Crippen molar-refractivity contribution >= 4 is 0 Å². The summed E-state index contributed by atoms with van der Waals surface area (Å²) < 4.78 is 5.70. The number of para-hydroxylation sites is 1. The molecule has 1 aromatic rings. The van der Waals surface area contributed by atoms with E-state index in [0.29, 0.717) is 5.92 Å². The minimum Gasteiger partial charge on any atom is -0.490 e. The Morgan fingerprint density at radius 2 is 1.85 bits per heavy atom. The van der Waals surface area contributed by atoms with Gasteiger partial charge in [-0.2, -0.15) is 0 Å². The van der Waals surface area contributed by atoms with Crippen molar-refractivity contribution in [3.8, 4) is 5.75 Å². The van der Waals surface area contributed by atoms with Gasteiger partial charge in [-0.05, 0) is 19.1 Å². The van der Waals surface area contributed by atoms with Crippen LogP contribution in [0.5, 0.6) is 5.75 Å². The van der Waals surface area contributed by atoms with Crippen molar-refractivity contribution in [1.82, 2.24) is 0 Å². The first-order chi connectivity index (χ1) is 6.24. The first-order valence-electron chi connectivity index (χ1n) is 4.58. The standard InChI is InChI=1S/C12H16O/c1-4-10(2)11(3)13-12-8-6-5-7-9-12/h4-11H,1H2,2-3H3/t10-,11+/m1/s1. The van der Waals surface area contributed by atoms with Crippen molar-refractivity contribution in [1.29, 1.82) is 0 Å². The lowest BCUT2D eigenvalue weighted by Crippen LogP contribution is -2.19. The molecule has 0 aliphatic rings. The predicted molar refractivity (Wildman–Crippen MR) is 55.9 cm³/mol. The highest BCUT2D eigenvalue weighted by Crippen LogP contribution is 2.15. The summed E-state index contributed by atoms with van der Waals surface area (Å²) in [6.07, 6.45) is 2.09. The molecule has 0 aromatic heterocycles. The van der Waals surface area contributed by atoms with E-state index in [0.717, 1.165) is 5.75 Å². The molecule has 0 aliphatic carbocycles. The van der Waals surface area contributed by atoms with Gasteiger partial charge in [-0.3, -0.25) is 0 Å². The quantitative estimate of drug-likeness (QED) is 0.640. The SMILES string of the molecule is C=C[C@@H](C)[C@H](C)Oc1ccccc1. The van der Waals surface area contributed by atoms with Crippen LogP contribution in [0.15, 0.2) is 43.0 Å². The Balaban J connectivity index is 2.54. The molecule has 2 atom stereocenters. The van der Waals surface area contributed by atoms with Crippen LogP contribution < -0.4 is 4.74 Å². The van der Waals surface area contributed by atoms with E-state index in [1.54, 1.807) is 0 Å². The van der Waals surface area contributed by atoms with Gasteiger partial charge in [0.2, 0.25) is 0 Å². The van der Waals surface area contributed by atoms with E-state index in [-0.39, 0.29) is 6.10 Å². The van der Waals surface area contributed by atoms with E-state index in [2.05, 4.69) is 20.4 Å². The molecule has 0 radical (unpaired) electrons. The van der Waals surface area contributed by atoms with E-state index < -0.39 is 0 Å². The van der Waals surface area contributed by atoms with E-state index in [9.17, 15) is 0 Å². The second-order valence-corrected chi connectivity index (χ2v) is 3.23. The van der Waals surface area contributed by atoms with Gasteiger partial charge in [-0.15, -0.1) is 6.58 Å². The lowest BCUT2D eigenvalue weighted by atomic mass is 10.1. The van der Waals surface area contributed by atoms with Crippen molar-refractivity contribution in [2.24, 2.45) is 5.92 Å². The fourth-order valence-corrected chi connectivity index (χ4v) is 1.01. The lowest BCUT2D eigenvalue weighted by Gasteiger charge is -2.18. The van der Waals surface area contributed by atoms with Gasteiger partial charge in [-0.1, -0.05) is 31.2 Å². The molecule has 1 nitrogen and oxygen atoms in total. The Morgan fingerprint density at radius 3 is 2.38 bits per heavy atom. The summed E-state index contributed by atoms with van der Waals surface area (Å²) in [6, 6.07) is 9.86. The van der Waals surface area contributed by atoms with E-state index >= 15 is 0 Å². The predicted octanol–water partition coefficient (Wildman–Crippen LogP) is 3.28. The first kappa shape index (κ1) is 9.85. The van der Waals surface area contributed by atoms with Crippen LogP contribution in [-0.2, 0) is 0 Å². The molecule has 0 amide bonds.